The zero-order valence-electron chi connectivity index (χ0n) is 15.8. The van der Waals surface area contributed by atoms with Crippen molar-refractivity contribution in [3.63, 3.8) is 0 Å². The smallest absolute Gasteiger partial charge is 0.246 e. The first-order valence-electron chi connectivity index (χ1n) is 9.18. The minimum Gasteiger partial charge on any atom is -0.495 e. The fourth-order valence-electron chi connectivity index (χ4n) is 3.45. The number of piperazine rings is 1. The van der Waals surface area contributed by atoms with Gasteiger partial charge in [-0.15, -0.1) is 0 Å². The highest BCUT2D eigenvalue weighted by Crippen LogP contribution is 2.28. The lowest BCUT2D eigenvalue weighted by Crippen LogP contribution is -2.52. The highest BCUT2D eigenvalue weighted by Gasteiger charge is 2.30. The van der Waals surface area contributed by atoms with E-state index in [1.807, 2.05) is 11.8 Å². The summed E-state index contributed by atoms with van der Waals surface area (Å²) >= 11 is 0. The first-order chi connectivity index (χ1) is 12.9. The first kappa shape index (κ1) is 20.1. The van der Waals surface area contributed by atoms with Gasteiger partial charge in [-0.3, -0.25) is 4.79 Å². The molecule has 1 amide bonds. The number of ether oxygens (including phenoxy) is 2. The molecule has 0 radical (unpaired) electrons. The Morgan fingerprint density at radius 3 is 2.70 bits per heavy atom. The van der Waals surface area contributed by atoms with Crippen molar-refractivity contribution in [2.45, 2.75) is 24.3 Å². The van der Waals surface area contributed by atoms with E-state index >= 15 is 0 Å². The van der Waals surface area contributed by atoms with E-state index in [0.29, 0.717) is 38.4 Å². The van der Waals surface area contributed by atoms with Gasteiger partial charge >= 0.3 is 0 Å². The van der Waals surface area contributed by atoms with Crippen LogP contribution in [0, 0.1) is 0 Å². The van der Waals surface area contributed by atoms with Crippen molar-refractivity contribution in [1.82, 2.24) is 14.5 Å². The van der Waals surface area contributed by atoms with Gasteiger partial charge in [0.2, 0.25) is 15.9 Å². The molecule has 0 bridgehead atoms. The molecule has 0 aliphatic carbocycles. The molecule has 8 nitrogen and oxygen atoms in total. The third-order valence-electron chi connectivity index (χ3n) is 4.99. The van der Waals surface area contributed by atoms with E-state index in [2.05, 4.69) is 5.32 Å². The van der Waals surface area contributed by atoms with Crippen LogP contribution in [-0.4, -0.2) is 82.6 Å². The van der Waals surface area contributed by atoms with E-state index in [4.69, 9.17) is 9.47 Å². The van der Waals surface area contributed by atoms with Gasteiger partial charge in [0.1, 0.15) is 10.6 Å². The Balaban J connectivity index is 1.84. The Labute approximate surface area is 160 Å². The van der Waals surface area contributed by atoms with E-state index in [0.717, 1.165) is 13.1 Å². The summed E-state index contributed by atoms with van der Waals surface area (Å²) in [6.07, 6.45) is 0.167. The number of carbonyl (C=O) groups excluding carboxylic acids is 1. The van der Waals surface area contributed by atoms with Crippen LogP contribution in [0.25, 0.3) is 0 Å². The second-order valence-corrected chi connectivity index (χ2v) is 8.73. The molecule has 3 rings (SSSR count). The molecule has 0 spiro atoms. The molecule has 9 heteroatoms. The maximum Gasteiger partial charge on any atom is 0.246 e. The number of carbonyl (C=O) groups is 1. The molecule has 2 aliphatic heterocycles. The van der Waals surface area contributed by atoms with Crippen molar-refractivity contribution < 1.29 is 22.7 Å². The number of hydrogen-bond acceptors (Lipinski definition) is 6. The first-order valence-corrected chi connectivity index (χ1v) is 10.6. The molecule has 1 N–H and O–H groups in total. The molecule has 2 aliphatic rings. The van der Waals surface area contributed by atoms with Gasteiger partial charge in [-0.2, -0.15) is 4.31 Å². The molecule has 150 valence electrons. The van der Waals surface area contributed by atoms with E-state index in [1.54, 1.807) is 18.2 Å². The van der Waals surface area contributed by atoms with Gasteiger partial charge in [0.05, 0.1) is 26.7 Å². The third-order valence-corrected chi connectivity index (χ3v) is 6.91. The van der Waals surface area contributed by atoms with Gasteiger partial charge in [0.25, 0.3) is 0 Å². The fourth-order valence-corrected chi connectivity index (χ4v) is 5.06. The van der Waals surface area contributed by atoms with Gasteiger partial charge in [-0.25, -0.2) is 8.42 Å². The van der Waals surface area contributed by atoms with Crippen molar-refractivity contribution in [3.8, 4) is 5.75 Å². The van der Waals surface area contributed by atoms with Crippen molar-refractivity contribution >= 4 is 15.9 Å². The summed E-state index contributed by atoms with van der Waals surface area (Å²) in [5.41, 5.74) is 0.665. The molecule has 2 heterocycles. The molecular weight excluding hydrogens is 370 g/mol. The fraction of sp³-hybridized carbons (Fsp3) is 0.611. The maximum absolute atomic E-state index is 13.0. The molecular formula is C18H27N3O5S. The number of nitrogens with zero attached hydrogens (tertiary/aromatic N) is 2. The minimum atomic E-state index is -3.71. The van der Waals surface area contributed by atoms with Crippen molar-refractivity contribution in [1.29, 1.82) is 0 Å². The number of hydrogen-bond donors (Lipinski definition) is 1. The molecule has 0 saturated carbocycles. The largest absolute Gasteiger partial charge is 0.495 e. The molecule has 1 atom stereocenters. The number of sulfonamides is 1. The lowest BCUT2D eigenvalue weighted by Gasteiger charge is -2.34. The van der Waals surface area contributed by atoms with Crippen LogP contribution in [0.15, 0.2) is 23.1 Å². The van der Waals surface area contributed by atoms with Gasteiger partial charge in [-0.05, 0) is 24.6 Å². The summed E-state index contributed by atoms with van der Waals surface area (Å²) in [4.78, 5) is 14.6. The normalized spacial score (nSPS) is 21.9. The van der Waals surface area contributed by atoms with Gasteiger partial charge in [0.15, 0.2) is 0 Å². The van der Waals surface area contributed by atoms with E-state index < -0.39 is 10.0 Å². The maximum atomic E-state index is 13.0. The molecule has 0 unspecified atom stereocenters. The number of methoxy groups -OCH3 is 1. The summed E-state index contributed by atoms with van der Waals surface area (Å²) in [5.74, 6) is 0.289. The van der Waals surface area contributed by atoms with Crippen LogP contribution in [0.2, 0.25) is 0 Å². The highest BCUT2D eigenvalue weighted by atomic mass is 32.2. The lowest BCUT2D eigenvalue weighted by atomic mass is 10.1. The van der Waals surface area contributed by atoms with Crippen molar-refractivity contribution in [3.05, 3.63) is 23.8 Å². The van der Waals surface area contributed by atoms with Crippen LogP contribution < -0.4 is 10.1 Å². The average Bonchev–Trinajstić information content (AvgIpc) is 2.69. The zero-order valence-corrected chi connectivity index (χ0v) is 16.6. The quantitative estimate of drug-likeness (QED) is 0.757. The standard InChI is InChI=1S/C18H27N3O5S/c1-14-13-19-5-6-21(14)18(22)12-15-3-4-16(25-2)17(11-15)27(23,24)20-7-9-26-10-8-20/h3-4,11,14,19H,5-10,12-13H2,1-2H3/t14-/m1/s1. The van der Waals surface area contributed by atoms with Gasteiger partial charge in [-0.1, -0.05) is 6.07 Å². The Morgan fingerprint density at radius 2 is 2.04 bits per heavy atom. The summed E-state index contributed by atoms with van der Waals surface area (Å²) in [7, 11) is -2.26. The summed E-state index contributed by atoms with van der Waals surface area (Å²) < 4.78 is 38.0. The van der Waals surface area contributed by atoms with Gasteiger partial charge < -0.3 is 19.7 Å². The molecule has 2 saturated heterocycles. The number of nitrogens with one attached hydrogen (secondary N) is 1. The SMILES string of the molecule is COc1ccc(CC(=O)N2CCNC[C@H]2C)cc1S(=O)(=O)N1CCOCC1. The minimum absolute atomic E-state index is 0.00360. The van der Waals surface area contributed by atoms with Crippen LogP contribution in [0.4, 0.5) is 0 Å². The second-order valence-electron chi connectivity index (χ2n) is 6.82. The zero-order chi connectivity index (χ0) is 19.4. The summed E-state index contributed by atoms with van der Waals surface area (Å²) in [6, 6.07) is 5.06. The molecule has 1 aromatic rings. The third kappa shape index (κ3) is 4.43. The number of rotatable bonds is 5. The molecule has 0 aromatic heterocycles. The van der Waals surface area contributed by atoms with Crippen LogP contribution in [0.1, 0.15) is 12.5 Å². The van der Waals surface area contributed by atoms with Crippen LogP contribution in [0.3, 0.4) is 0 Å². The predicted molar refractivity (Wildman–Crippen MR) is 100 cm³/mol. The van der Waals surface area contributed by atoms with Crippen LogP contribution >= 0.6 is 0 Å². The van der Waals surface area contributed by atoms with E-state index in [9.17, 15) is 13.2 Å². The Hall–Kier alpha value is -1.68. The molecule has 2 fully saturated rings. The number of morpholine rings is 1. The molecule has 1 aromatic carbocycles. The van der Waals surface area contributed by atoms with E-state index in [-0.39, 0.29) is 29.0 Å². The van der Waals surface area contributed by atoms with E-state index in [1.165, 1.54) is 11.4 Å². The number of benzene rings is 1. The monoisotopic (exact) mass is 397 g/mol. The van der Waals surface area contributed by atoms with Crippen LogP contribution in [0.5, 0.6) is 5.75 Å². The Bertz CT molecular complexity index is 777. The Kier molecular flexibility index (Phi) is 6.36. The summed E-state index contributed by atoms with van der Waals surface area (Å²) in [5, 5.41) is 3.26. The Morgan fingerprint density at radius 1 is 1.30 bits per heavy atom. The van der Waals surface area contributed by atoms with Crippen LogP contribution in [-0.2, 0) is 26.0 Å². The van der Waals surface area contributed by atoms with Crippen molar-refractivity contribution in [2.75, 3.05) is 53.0 Å². The highest BCUT2D eigenvalue weighted by molar-refractivity contribution is 7.89. The second kappa shape index (κ2) is 8.55. The predicted octanol–water partition coefficient (Wildman–Crippen LogP) is 0.0789. The average molecular weight is 397 g/mol. The molecule has 27 heavy (non-hydrogen) atoms. The lowest BCUT2D eigenvalue weighted by molar-refractivity contribution is -0.133. The van der Waals surface area contributed by atoms with Gasteiger partial charge in [0, 0.05) is 38.8 Å². The number of amides is 1. The topological polar surface area (TPSA) is 88.2 Å². The van der Waals surface area contributed by atoms with Crippen molar-refractivity contribution in [2.24, 2.45) is 0 Å². The summed E-state index contributed by atoms with van der Waals surface area (Å²) in [6.45, 7) is 5.59.